The van der Waals surface area contributed by atoms with Crippen molar-refractivity contribution in [2.75, 3.05) is 24.5 Å². The maximum absolute atomic E-state index is 14.4. The van der Waals surface area contributed by atoms with E-state index in [4.69, 9.17) is 10.1 Å². The number of nitrogens with zero attached hydrogens (tertiary/aromatic N) is 3. The van der Waals surface area contributed by atoms with E-state index in [-0.39, 0.29) is 30.3 Å². The van der Waals surface area contributed by atoms with Crippen molar-refractivity contribution in [1.82, 2.24) is 10.2 Å². The number of hydrogen-bond acceptors (Lipinski definition) is 6. The summed E-state index contributed by atoms with van der Waals surface area (Å²) in [6.45, 7) is 11.3. The molecule has 1 saturated heterocycles. The second-order valence-electron chi connectivity index (χ2n) is 13.7. The number of hydrogen-bond donors (Lipinski definition) is 3. The number of aliphatic carboxylic acids is 1. The predicted molar refractivity (Wildman–Crippen MR) is 170 cm³/mol. The fraction of sp³-hybridized carbons (Fsp3) is 0.571. The topological polar surface area (TPSA) is 105 Å². The summed E-state index contributed by atoms with van der Waals surface area (Å²) in [5.74, 6) is -0.345. The Morgan fingerprint density at radius 3 is 2.33 bits per heavy atom. The van der Waals surface area contributed by atoms with Gasteiger partial charge in [0.15, 0.2) is 0 Å². The number of aliphatic hydroxyl groups is 1. The van der Waals surface area contributed by atoms with Gasteiger partial charge in [0.25, 0.3) is 5.91 Å². The minimum Gasteiger partial charge on any atom is -0.481 e. The summed E-state index contributed by atoms with van der Waals surface area (Å²) in [4.78, 5) is 35.0. The van der Waals surface area contributed by atoms with Gasteiger partial charge in [-0.3, -0.25) is 19.9 Å². The van der Waals surface area contributed by atoms with Gasteiger partial charge in [-0.05, 0) is 86.5 Å². The third-order valence-corrected chi connectivity index (χ3v) is 9.84. The molecule has 1 saturated carbocycles. The van der Waals surface area contributed by atoms with E-state index in [9.17, 15) is 14.7 Å². The monoisotopic (exact) mass is 588 g/mol. The average Bonchev–Trinajstić information content (AvgIpc) is 3.27. The minimum absolute atomic E-state index is 0.0167. The fourth-order valence-corrected chi connectivity index (χ4v) is 7.18. The van der Waals surface area contributed by atoms with Crippen LogP contribution in [0, 0.1) is 11.3 Å². The van der Waals surface area contributed by atoms with E-state index < -0.39 is 17.9 Å². The molecular formula is C35H48N4O4. The zero-order valence-corrected chi connectivity index (χ0v) is 26.2. The number of carbonyl (C=O) groups is 2. The molecule has 2 atom stereocenters. The van der Waals surface area contributed by atoms with E-state index in [1.165, 1.54) is 19.3 Å². The van der Waals surface area contributed by atoms with Crippen molar-refractivity contribution in [3.63, 3.8) is 0 Å². The average molecular weight is 589 g/mol. The maximum Gasteiger partial charge on any atom is 0.304 e. The number of aliphatic imine (C=N–C) groups is 1. The van der Waals surface area contributed by atoms with Gasteiger partial charge in [0.05, 0.1) is 12.5 Å². The first kappa shape index (κ1) is 31.2. The lowest BCUT2D eigenvalue weighted by Gasteiger charge is -2.46. The Morgan fingerprint density at radius 1 is 1.05 bits per heavy atom. The van der Waals surface area contributed by atoms with Crippen LogP contribution in [-0.2, 0) is 9.59 Å². The Bertz CT molecular complexity index is 1320. The second kappa shape index (κ2) is 12.8. The largest absolute Gasteiger partial charge is 0.481 e. The van der Waals surface area contributed by atoms with E-state index in [1.54, 1.807) is 0 Å². The van der Waals surface area contributed by atoms with Gasteiger partial charge in [-0.15, -0.1) is 0 Å². The minimum atomic E-state index is -0.960. The SMILES string of the molecule is CC(c1ccc(C(O)NCCC(=O)O)cc1)N1C(=O)C(c2cccc(N3CCCCC3)c2)=NC12CCC(C(C)(C)C)CC2. The molecule has 8 nitrogen and oxygen atoms in total. The summed E-state index contributed by atoms with van der Waals surface area (Å²) in [5.41, 5.74) is 3.89. The molecule has 1 amide bonds. The molecule has 2 heterocycles. The van der Waals surface area contributed by atoms with Crippen LogP contribution >= 0.6 is 0 Å². The normalized spacial score (nSPS) is 24.3. The first-order valence-electron chi connectivity index (χ1n) is 16.0. The Balaban J connectivity index is 1.42. The molecule has 0 radical (unpaired) electrons. The molecule has 2 aliphatic heterocycles. The Labute approximate surface area is 256 Å². The predicted octanol–water partition coefficient (Wildman–Crippen LogP) is 6.06. The molecule has 3 N–H and O–H groups in total. The lowest BCUT2D eigenvalue weighted by molar-refractivity contribution is -0.137. The van der Waals surface area contributed by atoms with Gasteiger partial charge < -0.3 is 20.0 Å². The number of aliphatic hydroxyl groups excluding tert-OH is 1. The number of piperidine rings is 1. The van der Waals surface area contributed by atoms with Gasteiger partial charge in [0, 0.05) is 30.9 Å². The second-order valence-corrected chi connectivity index (χ2v) is 13.7. The van der Waals surface area contributed by atoms with Crippen molar-refractivity contribution in [2.45, 2.75) is 97.0 Å². The highest BCUT2D eigenvalue weighted by atomic mass is 16.4. The number of anilines is 1. The highest BCUT2D eigenvalue weighted by Gasteiger charge is 2.52. The van der Waals surface area contributed by atoms with Gasteiger partial charge in [0.2, 0.25) is 0 Å². The molecule has 2 aromatic carbocycles. The molecule has 2 aromatic rings. The zero-order chi connectivity index (χ0) is 30.8. The van der Waals surface area contributed by atoms with Crippen LogP contribution in [-0.4, -0.2) is 58.0 Å². The van der Waals surface area contributed by atoms with Crippen LogP contribution in [0.15, 0.2) is 53.5 Å². The smallest absolute Gasteiger partial charge is 0.304 e. The van der Waals surface area contributed by atoms with Crippen molar-refractivity contribution >= 4 is 23.3 Å². The van der Waals surface area contributed by atoms with E-state index in [0.717, 1.165) is 55.6 Å². The molecule has 2 unspecified atom stereocenters. The molecule has 43 heavy (non-hydrogen) atoms. The van der Waals surface area contributed by atoms with Gasteiger partial charge in [0.1, 0.15) is 17.6 Å². The summed E-state index contributed by atoms with van der Waals surface area (Å²) in [6.07, 6.45) is 6.37. The van der Waals surface area contributed by atoms with E-state index in [2.05, 4.69) is 56.1 Å². The molecule has 232 valence electrons. The standard InChI is InChI=1S/C35H48N4O4/c1-24(25-11-13-26(14-12-25)32(42)36-20-17-30(40)41)39-33(43)31(37-35(39)18-15-28(16-19-35)34(2,3)4)27-9-8-10-29(23-27)38-21-6-5-7-22-38/h8-14,23-24,28,32,36,42H,5-7,15-22H2,1-4H3,(H,40,41). The molecule has 1 aliphatic carbocycles. The fourth-order valence-electron chi connectivity index (χ4n) is 7.18. The van der Waals surface area contributed by atoms with Crippen molar-refractivity contribution in [2.24, 2.45) is 16.3 Å². The van der Waals surface area contributed by atoms with Gasteiger partial charge in [-0.25, -0.2) is 0 Å². The summed E-state index contributed by atoms with van der Waals surface area (Å²) < 4.78 is 0. The van der Waals surface area contributed by atoms with Crippen LogP contribution in [0.25, 0.3) is 0 Å². The van der Waals surface area contributed by atoms with Crippen LogP contribution in [0.4, 0.5) is 5.69 Å². The van der Waals surface area contributed by atoms with Crippen LogP contribution in [0.3, 0.4) is 0 Å². The summed E-state index contributed by atoms with van der Waals surface area (Å²) >= 11 is 0. The molecule has 3 aliphatic rings. The van der Waals surface area contributed by atoms with Gasteiger partial charge in [-0.2, -0.15) is 0 Å². The summed E-state index contributed by atoms with van der Waals surface area (Å²) in [6, 6.07) is 15.8. The van der Waals surface area contributed by atoms with Crippen molar-refractivity contribution < 1.29 is 19.8 Å². The Hall–Kier alpha value is -3.23. The quantitative estimate of drug-likeness (QED) is 0.308. The lowest BCUT2D eigenvalue weighted by atomic mass is 9.69. The van der Waals surface area contributed by atoms with E-state index in [0.29, 0.717) is 17.2 Å². The van der Waals surface area contributed by atoms with Crippen LogP contribution < -0.4 is 10.2 Å². The number of rotatable bonds is 9. The first-order chi connectivity index (χ1) is 20.5. The molecule has 1 spiro atoms. The highest BCUT2D eigenvalue weighted by molar-refractivity contribution is 6.47. The van der Waals surface area contributed by atoms with E-state index >= 15 is 0 Å². The summed E-state index contributed by atoms with van der Waals surface area (Å²) in [7, 11) is 0. The Morgan fingerprint density at radius 2 is 1.70 bits per heavy atom. The third-order valence-electron chi connectivity index (χ3n) is 9.84. The van der Waals surface area contributed by atoms with Crippen LogP contribution in [0.2, 0.25) is 0 Å². The zero-order valence-electron chi connectivity index (χ0n) is 26.2. The van der Waals surface area contributed by atoms with Crippen molar-refractivity contribution in [1.29, 1.82) is 0 Å². The molecule has 5 rings (SSSR count). The third kappa shape index (κ3) is 6.80. The number of amides is 1. The lowest BCUT2D eigenvalue weighted by Crippen LogP contribution is -2.50. The van der Waals surface area contributed by atoms with Gasteiger partial charge in [-0.1, -0.05) is 57.2 Å². The highest BCUT2D eigenvalue weighted by Crippen LogP contribution is 2.49. The number of carbonyl (C=O) groups excluding carboxylic acids is 1. The molecule has 2 fully saturated rings. The molecular weight excluding hydrogens is 540 g/mol. The number of carboxylic acids is 1. The van der Waals surface area contributed by atoms with Gasteiger partial charge >= 0.3 is 5.97 Å². The first-order valence-corrected chi connectivity index (χ1v) is 16.0. The van der Waals surface area contributed by atoms with E-state index in [1.807, 2.05) is 35.2 Å². The molecule has 0 bridgehead atoms. The Kier molecular flexibility index (Phi) is 9.28. The maximum atomic E-state index is 14.4. The van der Waals surface area contributed by atoms with Crippen LogP contribution in [0.1, 0.15) is 108 Å². The molecule has 0 aromatic heterocycles. The molecule has 8 heteroatoms. The number of carboxylic acid groups (broad SMARTS) is 1. The van der Waals surface area contributed by atoms with Crippen molar-refractivity contribution in [3.8, 4) is 0 Å². The van der Waals surface area contributed by atoms with Crippen LogP contribution in [0.5, 0.6) is 0 Å². The summed E-state index contributed by atoms with van der Waals surface area (Å²) in [5, 5.41) is 22.2. The van der Waals surface area contributed by atoms with Crippen molar-refractivity contribution in [3.05, 3.63) is 65.2 Å². The number of nitrogens with one attached hydrogen (secondary N) is 1. The number of benzene rings is 2.